The Kier molecular flexibility index (Phi) is 3.77. The molecule has 2 atom stereocenters. The molecule has 0 aromatic rings. The van der Waals surface area contributed by atoms with E-state index in [0.29, 0.717) is 0 Å². The molecule has 0 aliphatic carbocycles. The summed E-state index contributed by atoms with van der Waals surface area (Å²) in [5.41, 5.74) is 5.24. The van der Waals surface area contributed by atoms with Gasteiger partial charge in [0, 0.05) is 0 Å². The highest BCUT2D eigenvalue weighted by atomic mass is 31.2. The molecule has 1 rings (SSSR count). The van der Waals surface area contributed by atoms with Crippen molar-refractivity contribution in [1.29, 1.82) is 0 Å². The van der Waals surface area contributed by atoms with Crippen LogP contribution in [0.5, 0.6) is 0 Å². The van der Waals surface area contributed by atoms with E-state index < -0.39 is 25.8 Å². The van der Waals surface area contributed by atoms with E-state index in [1.165, 1.54) is 0 Å². The van der Waals surface area contributed by atoms with Crippen LogP contribution in [0.2, 0.25) is 0 Å². The molecule has 1 aliphatic rings. The van der Waals surface area contributed by atoms with Gasteiger partial charge in [0.2, 0.25) is 0 Å². The van der Waals surface area contributed by atoms with E-state index in [1.807, 2.05) is 0 Å². The summed E-state index contributed by atoms with van der Waals surface area (Å²) >= 11 is 0. The summed E-state index contributed by atoms with van der Waals surface area (Å²) in [5.74, 6) is -2.03. The molecule has 1 heterocycles. The first-order valence-corrected chi connectivity index (χ1v) is 5.28. The minimum atomic E-state index is -4.75. The predicted molar refractivity (Wildman–Crippen MR) is 41.4 cm³/mol. The minimum absolute atomic E-state index is 0.0554. The molecule has 0 spiro atoms. The maximum atomic E-state index is 10.9. The maximum absolute atomic E-state index is 10.9. The number of carbonyl (C=O) groups excluding carboxylic acids is 2. The van der Waals surface area contributed by atoms with Crippen molar-refractivity contribution in [3.05, 3.63) is 0 Å². The molecule has 1 aliphatic heterocycles. The van der Waals surface area contributed by atoms with Gasteiger partial charge in [-0.1, -0.05) is 9.35 Å². The minimum Gasteiger partial charge on any atom is -0.318 e. The van der Waals surface area contributed by atoms with E-state index >= 15 is 0 Å². The quantitative estimate of drug-likeness (QED) is 0.410. The van der Waals surface area contributed by atoms with Crippen LogP contribution in [-0.2, 0) is 33.3 Å². The summed E-state index contributed by atoms with van der Waals surface area (Å²) in [7, 11) is -4.75. The van der Waals surface area contributed by atoms with Crippen LogP contribution in [-0.4, -0.2) is 22.9 Å². The normalized spacial score (nSPS) is 34.1. The zero-order valence-corrected chi connectivity index (χ0v) is 8.22. The number of phosphoric acid groups is 1. The largest absolute Gasteiger partial charge is 0.544 e. The van der Waals surface area contributed by atoms with Gasteiger partial charge < -0.3 is 5.73 Å². The Labute approximate surface area is 83.5 Å². The molecule has 0 amide bonds. The average Bonchev–Trinajstić information content (AvgIpc) is 2.18. The molecule has 0 bridgehead atoms. The van der Waals surface area contributed by atoms with E-state index in [-0.39, 0.29) is 12.8 Å². The number of carbonyl (C=O) groups is 2. The molecule has 0 saturated carbocycles. The van der Waals surface area contributed by atoms with Gasteiger partial charge in [0.1, 0.15) is 6.04 Å². The van der Waals surface area contributed by atoms with Crippen LogP contribution in [0, 0.1) is 0 Å². The fraction of sp³-hybridized carbons (Fsp3) is 0.600. The summed E-state index contributed by atoms with van der Waals surface area (Å²) in [6.07, 6.45) is -0.309. The number of hydrogen-bond donors (Lipinski definition) is 2. The molecule has 10 heteroatoms. The van der Waals surface area contributed by atoms with Crippen LogP contribution in [0.4, 0.5) is 0 Å². The standard InChI is InChI=1S/C5H8NO8P/c6-3-1-2-4(7)11-13-15(9,10)14-12-5(3)8/h3H,1-2,6H2,(H,9,10)/t3-/m1/s1. The first-order chi connectivity index (χ1) is 6.91. The van der Waals surface area contributed by atoms with Crippen molar-refractivity contribution in [1.82, 2.24) is 0 Å². The van der Waals surface area contributed by atoms with Gasteiger partial charge in [-0.2, -0.15) is 0 Å². The summed E-state index contributed by atoms with van der Waals surface area (Å²) in [4.78, 5) is 38.2. The van der Waals surface area contributed by atoms with Gasteiger partial charge in [-0.25, -0.2) is 14.2 Å². The van der Waals surface area contributed by atoms with Crippen molar-refractivity contribution in [2.24, 2.45) is 5.73 Å². The van der Waals surface area contributed by atoms with E-state index in [0.717, 1.165) is 0 Å². The van der Waals surface area contributed by atoms with Crippen molar-refractivity contribution < 1.29 is 38.2 Å². The predicted octanol–water partition coefficient (Wildman–Crippen LogP) is -0.843. The molecule has 0 radical (unpaired) electrons. The maximum Gasteiger partial charge on any atom is 0.544 e. The lowest BCUT2D eigenvalue weighted by molar-refractivity contribution is -0.263. The second kappa shape index (κ2) is 4.69. The molecule has 1 unspecified atom stereocenters. The van der Waals surface area contributed by atoms with E-state index in [4.69, 9.17) is 10.6 Å². The lowest BCUT2D eigenvalue weighted by Crippen LogP contribution is -2.33. The fourth-order valence-corrected chi connectivity index (χ4v) is 1.05. The number of nitrogens with two attached hydrogens (primary N) is 1. The van der Waals surface area contributed by atoms with E-state index in [9.17, 15) is 14.2 Å². The molecular formula is C5H8NO8P. The van der Waals surface area contributed by atoms with Crippen molar-refractivity contribution in [3.63, 3.8) is 0 Å². The second-order valence-corrected chi connectivity index (χ2v) is 3.86. The third-order valence-corrected chi connectivity index (χ3v) is 1.93. The molecule has 3 N–H and O–H groups in total. The third-order valence-electron chi connectivity index (χ3n) is 1.40. The SMILES string of the molecule is N[C@@H]1CCC(=O)OOP(=O)(O)OOC1=O. The Bertz CT molecular complexity index is 316. The lowest BCUT2D eigenvalue weighted by Gasteiger charge is -2.14. The lowest BCUT2D eigenvalue weighted by atomic mass is 10.2. The van der Waals surface area contributed by atoms with Gasteiger partial charge in [-0.3, -0.25) is 14.7 Å². The summed E-state index contributed by atoms with van der Waals surface area (Å²) in [6.45, 7) is 0. The van der Waals surface area contributed by atoms with Gasteiger partial charge in [-0.05, 0) is 6.42 Å². The summed E-state index contributed by atoms with van der Waals surface area (Å²) in [5, 5.41) is 0. The van der Waals surface area contributed by atoms with Gasteiger partial charge in [0.05, 0.1) is 6.42 Å². The Morgan fingerprint density at radius 3 is 2.60 bits per heavy atom. The summed E-state index contributed by atoms with van der Waals surface area (Å²) < 4.78 is 18.2. The highest BCUT2D eigenvalue weighted by molar-refractivity contribution is 7.47. The molecule has 1 fully saturated rings. The molecule has 86 valence electrons. The first kappa shape index (κ1) is 12.1. The van der Waals surface area contributed by atoms with Crippen LogP contribution in [0.1, 0.15) is 12.8 Å². The van der Waals surface area contributed by atoms with Crippen LogP contribution in [0.15, 0.2) is 0 Å². The Hall–Kier alpha value is -0.990. The fourth-order valence-electron chi connectivity index (χ4n) is 0.680. The average molecular weight is 241 g/mol. The van der Waals surface area contributed by atoms with E-state index in [1.54, 1.807) is 0 Å². The second-order valence-electron chi connectivity index (χ2n) is 2.62. The van der Waals surface area contributed by atoms with Crippen molar-refractivity contribution in [3.8, 4) is 0 Å². The van der Waals surface area contributed by atoms with Gasteiger partial charge in [0.15, 0.2) is 0 Å². The van der Waals surface area contributed by atoms with E-state index in [2.05, 4.69) is 19.1 Å². The Balaban J connectivity index is 2.69. The molecule has 0 aromatic heterocycles. The van der Waals surface area contributed by atoms with Crippen LogP contribution in [0.25, 0.3) is 0 Å². The third kappa shape index (κ3) is 3.94. The number of hydrogen-bond acceptors (Lipinski definition) is 8. The van der Waals surface area contributed by atoms with Gasteiger partial charge >= 0.3 is 19.8 Å². The molecule has 0 aromatic carbocycles. The van der Waals surface area contributed by atoms with Crippen LogP contribution in [0.3, 0.4) is 0 Å². The topological polar surface area (TPSA) is 134 Å². The number of rotatable bonds is 0. The molecule has 9 nitrogen and oxygen atoms in total. The summed E-state index contributed by atoms with van der Waals surface area (Å²) in [6, 6.07) is -1.14. The first-order valence-electron chi connectivity index (χ1n) is 3.78. The smallest absolute Gasteiger partial charge is 0.318 e. The molecular weight excluding hydrogens is 233 g/mol. The zero-order chi connectivity index (χ0) is 11.5. The van der Waals surface area contributed by atoms with Gasteiger partial charge in [0.25, 0.3) is 0 Å². The van der Waals surface area contributed by atoms with Crippen molar-refractivity contribution in [2.75, 3.05) is 0 Å². The zero-order valence-electron chi connectivity index (χ0n) is 7.32. The van der Waals surface area contributed by atoms with Gasteiger partial charge in [-0.15, -0.1) is 0 Å². The van der Waals surface area contributed by atoms with Crippen molar-refractivity contribution >= 4 is 19.8 Å². The van der Waals surface area contributed by atoms with Crippen LogP contribution < -0.4 is 5.73 Å². The Morgan fingerprint density at radius 2 is 1.93 bits per heavy atom. The van der Waals surface area contributed by atoms with Crippen LogP contribution >= 0.6 is 7.82 Å². The van der Waals surface area contributed by atoms with Crippen molar-refractivity contribution in [2.45, 2.75) is 18.9 Å². The highest BCUT2D eigenvalue weighted by Crippen LogP contribution is 2.44. The molecule has 15 heavy (non-hydrogen) atoms. The highest BCUT2D eigenvalue weighted by Gasteiger charge is 2.32. The monoisotopic (exact) mass is 241 g/mol. The Morgan fingerprint density at radius 1 is 1.33 bits per heavy atom. The molecule has 1 saturated heterocycles.